The highest BCUT2D eigenvalue weighted by Gasteiger charge is 2.74. The Morgan fingerprint density at radius 1 is 0.607 bits per heavy atom. The van der Waals surface area contributed by atoms with E-state index >= 15 is 0 Å². The maximum atomic E-state index is 13.2. The molecule has 304 valence electrons. The fraction of sp³-hybridized carbons (Fsp3) is 0.636. The van der Waals surface area contributed by atoms with E-state index in [2.05, 4.69) is 0 Å². The van der Waals surface area contributed by atoms with Crippen LogP contribution in [-0.2, 0) is 51.2 Å². The molecule has 2 heterocycles. The number of benzene rings is 2. The van der Waals surface area contributed by atoms with Gasteiger partial charge >= 0.3 is 0 Å². The van der Waals surface area contributed by atoms with Crippen molar-refractivity contribution in [3.05, 3.63) is 71.8 Å². The lowest BCUT2D eigenvalue weighted by Gasteiger charge is -2.55. The molecule has 2 N–H and O–H groups in total. The first-order valence-electron chi connectivity index (χ1n) is 20.3. The monoisotopic (exact) mass is 774 g/mol. The molecule has 2 saturated heterocycles. The van der Waals surface area contributed by atoms with Crippen molar-refractivity contribution >= 4 is 23.4 Å². The highest BCUT2D eigenvalue weighted by atomic mass is 16.7. The molecule has 2 aromatic carbocycles. The van der Waals surface area contributed by atoms with Gasteiger partial charge in [0.25, 0.3) is 11.8 Å². The first kappa shape index (κ1) is 40.7. The van der Waals surface area contributed by atoms with Crippen LogP contribution < -0.4 is 0 Å². The lowest BCUT2D eigenvalue weighted by Crippen LogP contribution is -2.63. The zero-order chi connectivity index (χ0) is 39.9. The number of hydrogen-bond donors (Lipinski definition) is 2. The third kappa shape index (κ3) is 6.09. The normalized spacial score (nSPS) is 37.7. The van der Waals surface area contributed by atoms with Crippen molar-refractivity contribution in [3.63, 3.8) is 0 Å². The Labute approximate surface area is 329 Å². The number of nitrogens with zero attached hydrogens (tertiary/aromatic N) is 2. The number of fused-ring (bicyclic) bond motifs is 4. The summed E-state index contributed by atoms with van der Waals surface area (Å²) in [7, 11) is 3.12. The predicted octanol–water partition coefficient (Wildman–Crippen LogP) is 4.57. The van der Waals surface area contributed by atoms with Crippen molar-refractivity contribution < 1.29 is 48.3 Å². The molecule has 2 aromatic rings. The van der Waals surface area contributed by atoms with E-state index in [1.165, 1.54) is 0 Å². The van der Waals surface area contributed by atoms with E-state index in [4.69, 9.17) is 18.9 Å². The van der Waals surface area contributed by atoms with Crippen molar-refractivity contribution in [2.45, 2.75) is 128 Å². The Bertz CT molecular complexity index is 1630. The Kier molecular flexibility index (Phi) is 11.6. The Morgan fingerprint density at radius 2 is 0.982 bits per heavy atom. The van der Waals surface area contributed by atoms with Gasteiger partial charge in [-0.15, -0.1) is 0 Å². The molecule has 56 heavy (non-hydrogen) atoms. The zero-order valence-corrected chi connectivity index (χ0v) is 33.2. The number of aliphatic hydroxyl groups is 2. The van der Waals surface area contributed by atoms with E-state index in [0.29, 0.717) is 64.5 Å². The van der Waals surface area contributed by atoms with E-state index in [1.807, 2.05) is 74.5 Å². The van der Waals surface area contributed by atoms with Crippen LogP contribution in [0.5, 0.6) is 0 Å². The average molecular weight is 775 g/mol. The van der Waals surface area contributed by atoms with Crippen LogP contribution in [0.15, 0.2) is 60.7 Å². The third-order valence-corrected chi connectivity index (χ3v) is 14.8. The topological polar surface area (TPSA) is 152 Å². The molecule has 0 unspecified atom stereocenters. The van der Waals surface area contributed by atoms with Gasteiger partial charge in [0.2, 0.25) is 0 Å². The molecule has 8 rings (SSSR count). The molecule has 0 radical (unpaired) electrons. The number of ketones is 2. The average Bonchev–Trinajstić information content (AvgIpc) is 3.89. The minimum Gasteiger partial charge on any atom is -0.383 e. The summed E-state index contributed by atoms with van der Waals surface area (Å²) < 4.78 is 22.1. The first-order chi connectivity index (χ1) is 26.9. The molecule has 6 aliphatic rings. The lowest BCUT2D eigenvalue weighted by molar-refractivity contribution is -0.199. The van der Waals surface area contributed by atoms with Gasteiger partial charge in [-0.25, -0.2) is 0 Å². The fourth-order valence-electron chi connectivity index (χ4n) is 12.2. The van der Waals surface area contributed by atoms with Crippen LogP contribution >= 0.6 is 0 Å². The summed E-state index contributed by atoms with van der Waals surface area (Å²) in [5.74, 6) is -0.311. The molecule has 12 nitrogen and oxygen atoms in total. The van der Waals surface area contributed by atoms with Crippen molar-refractivity contribution in [1.82, 2.24) is 9.80 Å². The molecule has 4 aliphatic carbocycles. The van der Waals surface area contributed by atoms with Crippen LogP contribution in [0.1, 0.15) is 89.2 Å². The maximum absolute atomic E-state index is 13.2. The summed E-state index contributed by atoms with van der Waals surface area (Å²) >= 11 is 0. The van der Waals surface area contributed by atoms with Gasteiger partial charge in [0.1, 0.15) is 37.4 Å². The largest absolute Gasteiger partial charge is 0.383 e. The number of likely N-dealkylation sites (tertiary alicyclic amines) is 2. The smallest absolute Gasteiger partial charge is 0.252 e. The summed E-state index contributed by atoms with van der Waals surface area (Å²) in [6, 6.07) is 19.3. The van der Waals surface area contributed by atoms with Gasteiger partial charge < -0.3 is 39.0 Å². The minimum atomic E-state index is -1.20. The molecule has 4 saturated carbocycles. The molecule has 2 aliphatic heterocycles. The Morgan fingerprint density at radius 3 is 1.30 bits per heavy atom. The summed E-state index contributed by atoms with van der Waals surface area (Å²) in [4.78, 5) is 56.3. The highest BCUT2D eigenvalue weighted by molar-refractivity contribution is 5.94. The SMILES string of the molecule is COCO[C@@H]1CC[C@H]2N(Cc3ccccc3)C(=O)[C@@H](O)[C@@]2(C)[C@@]12CCCC2=O.COCO[C@H]1CC[C@@H]2N(Cc3ccccc3)C(=O)[C@H](O)[C@]2(C)[C@]12CCCC2=O. The first-order valence-corrected chi connectivity index (χ1v) is 20.3. The number of carbonyl (C=O) groups is 4. The molecule has 2 amide bonds. The summed E-state index contributed by atoms with van der Waals surface area (Å²) in [5, 5.41) is 22.3. The van der Waals surface area contributed by atoms with Crippen molar-refractivity contribution in [2.24, 2.45) is 21.7 Å². The van der Waals surface area contributed by atoms with Gasteiger partial charge in [-0.2, -0.15) is 0 Å². The van der Waals surface area contributed by atoms with Crippen LogP contribution in [0, 0.1) is 21.7 Å². The Balaban J connectivity index is 0.000000172. The number of amides is 2. The summed E-state index contributed by atoms with van der Waals surface area (Å²) in [6.07, 6.45) is 3.52. The van der Waals surface area contributed by atoms with E-state index in [9.17, 15) is 29.4 Å². The van der Waals surface area contributed by atoms with Crippen LogP contribution in [0.3, 0.4) is 0 Å². The van der Waals surface area contributed by atoms with Gasteiger partial charge in [0.05, 0.1) is 23.0 Å². The molecule has 6 fully saturated rings. The molecule has 0 bridgehead atoms. The van der Waals surface area contributed by atoms with Gasteiger partial charge in [0.15, 0.2) is 0 Å². The quantitative estimate of drug-likeness (QED) is 0.329. The maximum Gasteiger partial charge on any atom is 0.252 e. The molecule has 0 aromatic heterocycles. The van der Waals surface area contributed by atoms with Gasteiger partial charge in [-0.05, 0) is 62.5 Å². The number of rotatable bonds is 10. The highest BCUT2D eigenvalue weighted by Crippen LogP contribution is 2.65. The molecule has 12 heteroatoms. The van der Waals surface area contributed by atoms with E-state index < -0.39 is 33.9 Å². The minimum absolute atomic E-state index is 0.109. The van der Waals surface area contributed by atoms with Crippen molar-refractivity contribution in [2.75, 3.05) is 27.8 Å². The standard InChI is InChI=1S/2C22H29NO5/c2*1-21-16(23(20(26)19(21)25)13-15-7-4-3-5-8-15)10-11-18(28-14-27-2)22(21)12-6-9-17(22)24/h2*3-5,7-8,16,18-19,25H,6,9-14H2,1-2H3/t2*16-,18-,19-,21+,22-/m10/s1. The van der Waals surface area contributed by atoms with E-state index in [0.717, 1.165) is 24.0 Å². The number of methoxy groups -OCH3 is 2. The van der Waals surface area contributed by atoms with Crippen molar-refractivity contribution in [1.29, 1.82) is 0 Å². The van der Waals surface area contributed by atoms with E-state index in [-0.39, 0.29) is 61.3 Å². The predicted molar refractivity (Wildman–Crippen MR) is 204 cm³/mol. The van der Waals surface area contributed by atoms with Crippen LogP contribution in [0.2, 0.25) is 0 Å². The summed E-state index contributed by atoms with van der Waals surface area (Å²) in [5.41, 5.74) is -1.34. The van der Waals surface area contributed by atoms with Crippen LogP contribution in [0.4, 0.5) is 0 Å². The second-order valence-corrected chi connectivity index (χ2v) is 17.1. The Hall–Kier alpha value is -3.52. The number of Topliss-reactive ketones (excluding diaryl/α,β-unsaturated/α-hetero) is 2. The molecular weight excluding hydrogens is 716 g/mol. The fourth-order valence-corrected chi connectivity index (χ4v) is 12.2. The molecular formula is C44H58N2O10. The second-order valence-electron chi connectivity index (χ2n) is 17.1. The van der Waals surface area contributed by atoms with Crippen LogP contribution in [-0.4, -0.2) is 108 Å². The van der Waals surface area contributed by atoms with Gasteiger partial charge in [0, 0.05) is 63.1 Å². The number of ether oxygens (including phenoxy) is 4. The second kappa shape index (κ2) is 16.0. The molecule has 10 atom stereocenters. The van der Waals surface area contributed by atoms with Crippen LogP contribution in [0.25, 0.3) is 0 Å². The number of aliphatic hydroxyl groups excluding tert-OH is 2. The summed E-state index contributed by atoms with van der Waals surface area (Å²) in [6.45, 7) is 4.97. The lowest BCUT2D eigenvalue weighted by atomic mass is 9.51. The van der Waals surface area contributed by atoms with E-state index in [1.54, 1.807) is 24.0 Å². The third-order valence-electron chi connectivity index (χ3n) is 14.8. The van der Waals surface area contributed by atoms with Gasteiger partial charge in [-0.1, -0.05) is 74.5 Å². The van der Waals surface area contributed by atoms with Crippen molar-refractivity contribution in [3.8, 4) is 0 Å². The number of carbonyl (C=O) groups excluding carboxylic acids is 4. The van der Waals surface area contributed by atoms with Gasteiger partial charge in [-0.3, -0.25) is 19.2 Å². The zero-order valence-electron chi connectivity index (χ0n) is 33.2. The number of hydrogen-bond acceptors (Lipinski definition) is 10. The molecule has 2 spiro atoms.